The molecule has 4 heteroatoms. The second kappa shape index (κ2) is 5.25. The van der Waals surface area contributed by atoms with Gasteiger partial charge in [-0.2, -0.15) is 5.10 Å². The van der Waals surface area contributed by atoms with Crippen molar-refractivity contribution in [3.8, 4) is 0 Å². The van der Waals surface area contributed by atoms with Crippen molar-refractivity contribution < 1.29 is 4.74 Å². The highest BCUT2D eigenvalue weighted by Gasteiger charge is 2.41. The zero-order chi connectivity index (χ0) is 13.3. The Morgan fingerprint density at radius 3 is 2.89 bits per heavy atom. The third-order valence-electron chi connectivity index (χ3n) is 4.66. The van der Waals surface area contributed by atoms with Gasteiger partial charge in [-0.3, -0.25) is 4.68 Å². The van der Waals surface area contributed by atoms with Crippen LogP contribution < -0.4 is 5.32 Å². The van der Waals surface area contributed by atoms with Crippen LogP contribution in [0.15, 0.2) is 6.20 Å². The first-order chi connectivity index (χ1) is 9.17. The van der Waals surface area contributed by atoms with E-state index >= 15 is 0 Å². The van der Waals surface area contributed by atoms with Gasteiger partial charge in [0.25, 0.3) is 0 Å². The van der Waals surface area contributed by atoms with E-state index in [0.717, 1.165) is 18.8 Å². The van der Waals surface area contributed by atoms with E-state index in [-0.39, 0.29) is 5.60 Å². The second-order valence-electron chi connectivity index (χ2n) is 6.21. The van der Waals surface area contributed by atoms with E-state index in [1.807, 2.05) is 11.7 Å². The van der Waals surface area contributed by atoms with Crippen LogP contribution in [0.1, 0.15) is 49.8 Å². The molecule has 1 aliphatic carbocycles. The van der Waals surface area contributed by atoms with E-state index in [4.69, 9.17) is 4.74 Å². The zero-order valence-electron chi connectivity index (χ0n) is 12.1. The molecule has 1 saturated carbocycles. The lowest BCUT2D eigenvalue weighted by Gasteiger charge is -2.23. The number of nitrogens with zero attached hydrogens (tertiary/aromatic N) is 2. The summed E-state index contributed by atoms with van der Waals surface area (Å²) >= 11 is 0. The molecule has 2 aliphatic rings. The Kier molecular flexibility index (Phi) is 3.63. The summed E-state index contributed by atoms with van der Waals surface area (Å²) in [6, 6.07) is 0. The molecular weight excluding hydrogens is 238 g/mol. The van der Waals surface area contributed by atoms with Gasteiger partial charge in [-0.15, -0.1) is 0 Å². The van der Waals surface area contributed by atoms with Gasteiger partial charge in [0.2, 0.25) is 0 Å². The van der Waals surface area contributed by atoms with Crippen LogP contribution in [-0.2, 0) is 18.3 Å². The number of aryl methyl sites for hydroxylation is 2. The molecule has 1 spiro atoms. The summed E-state index contributed by atoms with van der Waals surface area (Å²) in [5.74, 6) is 0. The van der Waals surface area contributed by atoms with Crippen LogP contribution in [0.3, 0.4) is 0 Å². The van der Waals surface area contributed by atoms with Crippen molar-refractivity contribution in [2.24, 2.45) is 7.05 Å². The number of nitrogens with one attached hydrogen (secondary N) is 1. The van der Waals surface area contributed by atoms with Gasteiger partial charge in [-0.1, -0.05) is 12.8 Å². The number of rotatable bonds is 4. The fraction of sp³-hybridized carbons (Fsp3) is 0.800. The molecule has 0 aromatic carbocycles. The summed E-state index contributed by atoms with van der Waals surface area (Å²) in [6.07, 6.45) is 10.3. The van der Waals surface area contributed by atoms with Crippen molar-refractivity contribution in [1.29, 1.82) is 0 Å². The molecule has 4 nitrogen and oxygen atoms in total. The summed E-state index contributed by atoms with van der Waals surface area (Å²) in [7, 11) is 1.97. The topological polar surface area (TPSA) is 39.1 Å². The summed E-state index contributed by atoms with van der Waals surface area (Å²) in [5, 5.41) is 7.89. The van der Waals surface area contributed by atoms with Crippen molar-refractivity contribution in [3.05, 3.63) is 17.5 Å². The molecule has 0 amide bonds. The molecule has 106 valence electrons. The smallest absolute Gasteiger partial charge is 0.0708 e. The van der Waals surface area contributed by atoms with Crippen LogP contribution in [-0.4, -0.2) is 28.0 Å². The van der Waals surface area contributed by atoms with Crippen molar-refractivity contribution >= 4 is 0 Å². The Balaban J connectivity index is 1.45. The highest BCUT2D eigenvalue weighted by atomic mass is 16.5. The first-order valence-electron chi connectivity index (χ1n) is 7.55. The molecule has 0 radical (unpaired) electrons. The van der Waals surface area contributed by atoms with Gasteiger partial charge >= 0.3 is 0 Å². The second-order valence-corrected chi connectivity index (χ2v) is 6.21. The highest BCUT2D eigenvalue weighted by molar-refractivity contribution is 5.14. The van der Waals surface area contributed by atoms with Crippen LogP contribution in [0.4, 0.5) is 0 Å². The molecule has 1 atom stereocenters. The third-order valence-corrected chi connectivity index (χ3v) is 4.66. The quantitative estimate of drug-likeness (QED) is 0.906. The van der Waals surface area contributed by atoms with E-state index in [2.05, 4.69) is 23.5 Å². The molecule has 3 rings (SSSR count). The van der Waals surface area contributed by atoms with E-state index in [9.17, 15) is 0 Å². The van der Waals surface area contributed by atoms with Gasteiger partial charge in [-0.05, 0) is 32.6 Å². The van der Waals surface area contributed by atoms with E-state index in [0.29, 0.717) is 6.10 Å². The third kappa shape index (κ3) is 2.84. The maximum Gasteiger partial charge on any atom is 0.0708 e. The molecule has 2 heterocycles. The Hall–Kier alpha value is -0.870. The molecule has 1 aromatic heterocycles. The van der Waals surface area contributed by atoms with Crippen LogP contribution in [0.25, 0.3) is 0 Å². The Labute approximate surface area is 115 Å². The number of hydrogen-bond acceptors (Lipinski definition) is 3. The first-order valence-corrected chi connectivity index (χ1v) is 7.55. The number of aromatic nitrogens is 2. The van der Waals surface area contributed by atoms with Gasteiger partial charge in [0.05, 0.1) is 17.4 Å². The molecule has 0 bridgehead atoms. The lowest BCUT2D eigenvalue weighted by Crippen LogP contribution is -2.30. The molecular formula is C15H25N3O. The van der Waals surface area contributed by atoms with E-state index in [1.165, 1.54) is 44.1 Å². The normalized spacial score (nSPS) is 25.5. The molecule has 1 unspecified atom stereocenters. The molecule has 1 aliphatic heterocycles. The highest BCUT2D eigenvalue weighted by Crippen LogP contribution is 2.43. The predicted molar refractivity (Wildman–Crippen MR) is 75.0 cm³/mol. The van der Waals surface area contributed by atoms with Crippen LogP contribution in [0.2, 0.25) is 0 Å². The largest absolute Gasteiger partial charge is 0.370 e. The Morgan fingerprint density at radius 2 is 2.21 bits per heavy atom. The van der Waals surface area contributed by atoms with Gasteiger partial charge in [0.1, 0.15) is 0 Å². The zero-order valence-corrected chi connectivity index (χ0v) is 12.1. The van der Waals surface area contributed by atoms with Gasteiger partial charge < -0.3 is 10.1 Å². The van der Waals surface area contributed by atoms with Crippen LogP contribution in [0, 0.1) is 6.92 Å². The molecule has 19 heavy (non-hydrogen) atoms. The monoisotopic (exact) mass is 263 g/mol. The fourth-order valence-electron chi connectivity index (χ4n) is 3.62. The Bertz CT molecular complexity index is 435. The lowest BCUT2D eigenvalue weighted by atomic mass is 9.98. The minimum absolute atomic E-state index is 0.260. The average Bonchev–Trinajstić information content (AvgIpc) is 3.05. The number of ether oxygens (including phenoxy) is 1. The van der Waals surface area contributed by atoms with Gasteiger partial charge in [-0.25, -0.2) is 0 Å². The molecule has 2 fully saturated rings. The van der Waals surface area contributed by atoms with E-state index < -0.39 is 0 Å². The minimum Gasteiger partial charge on any atom is -0.370 e. The van der Waals surface area contributed by atoms with Crippen molar-refractivity contribution in [2.75, 3.05) is 6.54 Å². The Morgan fingerprint density at radius 1 is 1.42 bits per heavy atom. The lowest BCUT2D eigenvalue weighted by molar-refractivity contribution is -0.0351. The average molecular weight is 263 g/mol. The van der Waals surface area contributed by atoms with Crippen molar-refractivity contribution in [1.82, 2.24) is 15.1 Å². The summed E-state index contributed by atoms with van der Waals surface area (Å²) in [6.45, 7) is 3.93. The molecule has 1 N–H and O–H groups in total. The van der Waals surface area contributed by atoms with Crippen molar-refractivity contribution in [3.63, 3.8) is 0 Å². The summed E-state index contributed by atoms with van der Waals surface area (Å²) < 4.78 is 8.18. The fourth-order valence-corrected chi connectivity index (χ4v) is 3.62. The van der Waals surface area contributed by atoms with Crippen LogP contribution in [0.5, 0.6) is 0 Å². The summed E-state index contributed by atoms with van der Waals surface area (Å²) in [4.78, 5) is 0. The minimum atomic E-state index is 0.260. The van der Waals surface area contributed by atoms with Gasteiger partial charge in [0, 0.05) is 31.9 Å². The maximum absolute atomic E-state index is 6.30. The van der Waals surface area contributed by atoms with E-state index in [1.54, 1.807) is 0 Å². The first kappa shape index (κ1) is 13.1. The van der Waals surface area contributed by atoms with Crippen LogP contribution >= 0.6 is 0 Å². The van der Waals surface area contributed by atoms with Gasteiger partial charge in [0.15, 0.2) is 0 Å². The van der Waals surface area contributed by atoms with Crippen molar-refractivity contribution in [2.45, 2.75) is 63.7 Å². The molecule has 1 aromatic rings. The maximum atomic E-state index is 6.30. The summed E-state index contributed by atoms with van der Waals surface area (Å²) in [5.41, 5.74) is 2.67. The number of hydrogen-bond donors (Lipinski definition) is 1. The SMILES string of the molecule is Cc1nn(C)cc1CNCC1CCC2(CCCC2)O1. The standard InChI is InChI=1S/C15H25N3O/c1-12-13(11-18(2)17-12)9-16-10-14-5-8-15(19-14)6-3-4-7-15/h11,14,16H,3-10H2,1-2H3. The molecule has 1 saturated heterocycles. The predicted octanol–water partition coefficient (Wildman–Crippen LogP) is 2.31.